The van der Waals surface area contributed by atoms with Crippen molar-refractivity contribution in [3.63, 3.8) is 0 Å². The standard InChI is InChI=1S/C9H20N2O2/c1-4-8(7(3)11)9(12)13-5-6(2)10/h6-8H,4-5,10-11H2,1-3H3. The van der Waals surface area contributed by atoms with Crippen LogP contribution in [0.4, 0.5) is 0 Å². The average Bonchev–Trinajstić information content (AvgIpc) is 2.01. The molecule has 4 nitrogen and oxygen atoms in total. The lowest BCUT2D eigenvalue weighted by atomic mass is 9.99. The molecule has 0 heterocycles. The maximum absolute atomic E-state index is 11.4. The maximum Gasteiger partial charge on any atom is 0.310 e. The van der Waals surface area contributed by atoms with E-state index in [1.165, 1.54) is 0 Å². The van der Waals surface area contributed by atoms with Crippen LogP contribution in [-0.4, -0.2) is 24.7 Å². The van der Waals surface area contributed by atoms with Gasteiger partial charge in [-0.05, 0) is 20.3 Å². The number of carbonyl (C=O) groups excluding carboxylic acids is 1. The Labute approximate surface area is 79.6 Å². The minimum atomic E-state index is -0.241. The molecule has 0 aliphatic carbocycles. The molecule has 0 saturated carbocycles. The second-order valence-electron chi connectivity index (χ2n) is 3.48. The molecule has 13 heavy (non-hydrogen) atoms. The Bertz CT molecular complexity index is 158. The lowest BCUT2D eigenvalue weighted by Gasteiger charge is -2.18. The predicted molar refractivity (Wildman–Crippen MR) is 52.0 cm³/mol. The summed E-state index contributed by atoms with van der Waals surface area (Å²) in [6.45, 7) is 5.78. The number of hydrogen-bond acceptors (Lipinski definition) is 4. The molecule has 78 valence electrons. The highest BCUT2D eigenvalue weighted by Crippen LogP contribution is 2.08. The van der Waals surface area contributed by atoms with Crippen molar-refractivity contribution in [2.45, 2.75) is 39.3 Å². The van der Waals surface area contributed by atoms with Crippen molar-refractivity contribution in [1.29, 1.82) is 0 Å². The van der Waals surface area contributed by atoms with Gasteiger partial charge in [0.15, 0.2) is 0 Å². The first-order valence-electron chi connectivity index (χ1n) is 4.66. The molecule has 3 atom stereocenters. The van der Waals surface area contributed by atoms with E-state index in [-0.39, 0.29) is 30.6 Å². The van der Waals surface area contributed by atoms with Crippen LogP contribution in [0.15, 0.2) is 0 Å². The Morgan fingerprint density at radius 2 is 1.92 bits per heavy atom. The first-order chi connectivity index (χ1) is 5.99. The summed E-state index contributed by atoms with van der Waals surface area (Å²) in [5, 5.41) is 0. The maximum atomic E-state index is 11.4. The molecule has 0 aromatic heterocycles. The zero-order valence-electron chi connectivity index (χ0n) is 8.62. The van der Waals surface area contributed by atoms with E-state index in [2.05, 4.69) is 0 Å². The van der Waals surface area contributed by atoms with Crippen LogP contribution >= 0.6 is 0 Å². The van der Waals surface area contributed by atoms with Gasteiger partial charge in [0.1, 0.15) is 6.61 Å². The molecule has 0 aromatic carbocycles. The molecule has 0 aromatic rings. The van der Waals surface area contributed by atoms with Gasteiger partial charge in [0.2, 0.25) is 0 Å². The lowest BCUT2D eigenvalue weighted by molar-refractivity contribution is -0.149. The van der Waals surface area contributed by atoms with E-state index in [4.69, 9.17) is 16.2 Å². The quantitative estimate of drug-likeness (QED) is 0.606. The first-order valence-corrected chi connectivity index (χ1v) is 4.66. The van der Waals surface area contributed by atoms with Crippen molar-refractivity contribution in [2.24, 2.45) is 17.4 Å². The molecule has 0 aliphatic heterocycles. The van der Waals surface area contributed by atoms with Gasteiger partial charge in [-0.3, -0.25) is 4.79 Å². The Morgan fingerprint density at radius 3 is 2.23 bits per heavy atom. The number of ether oxygens (including phenoxy) is 1. The van der Waals surface area contributed by atoms with E-state index < -0.39 is 0 Å². The summed E-state index contributed by atoms with van der Waals surface area (Å²) in [6, 6.07) is -0.278. The van der Waals surface area contributed by atoms with Crippen LogP contribution in [0.25, 0.3) is 0 Å². The molecule has 3 unspecified atom stereocenters. The third-order valence-corrected chi connectivity index (χ3v) is 1.87. The summed E-state index contributed by atoms with van der Waals surface area (Å²) < 4.78 is 4.97. The van der Waals surface area contributed by atoms with Crippen LogP contribution in [0.3, 0.4) is 0 Å². The largest absolute Gasteiger partial charge is 0.464 e. The monoisotopic (exact) mass is 188 g/mol. The van der Waals surface area contributed by atoms with E-state index in [9.17, 15) is 4.79 Å². The van der Waals surface area contributed by atoms with Gasteiger partial charge < -0.3 is 16.2 Å². The van der Waals surface area contributed by atoms with Gasteiger partial charge in [0, 0.05) is 12.1 Å². The van der Waals surface area contributed by atoms with Gasteiger partial charge in [0.05, 0.1) is 5.92 Å². The second kappa shape index (κ2) is 5.94. The Hall–Kier alpha value is -0.610. The molecular weight excluding hydrogens is 168 g/mol. The molecule has 0 amide bonds. The highest BCUT2D eigenvalue weighted by atomic mass is 16.5. The Morgan fingerprint density at radius 1 is 1.38 bits per heavy atom. The second-order valence-corrected chi connectivity index (χ2v) is 3.48. The zero-order valence-corrected chi connectivity index (χ0v) is 8.62. The van der Waals surface area contributed by atoms with Gasteiger partial charge in [-0.25, -0.2) is 0 Å². The number of esters is 1. The van der Waals surface area contributed by atoms with Gasteiger partial charge in [-0.2, -0.15) is 0 Å². The number of rotatable bonds is 5. The van der Waals surface area contributed by atoms with E-state index in [0.29, 0.717) is 6.42 Å². The van der Waals surface area contributed by atoms with Crippen molar-refractivity contribution in [2.75, 3.05) is 6.61 Å². The number of nitrogens with two attached hydrogens (primary N) is 2. The molecule has 0 rings (SSSR count). The molecular formula is C9H20N2O2. The van der Waals surface area contributed by atoms with Gasteiger partial charge >= 0.3 is 5.97 Å². The SMILES string of the molecule is CCC(C(=O)OCC(C)N)C(C)N. The van der Waals surface area contributed by atoms with Crippen LogP contribution in [0.1, 0.15) is 27.2 Å². The summed E-state index contributed by atoms with van der Waals surface area (Å²) in [4.78, 5) is 11.4. The molecule has 0 radical (unpaired) electrons. The normalized spacial score (nSPS) is 17.6. The minimum absolute atomic E-state index is 0.116. The molecule has 0 aliphatic rings. The molecule has 0 bridgehead atoms. The van der Waals surface area contributed by atoms with Crippen LogP contribution < -0.4 is 11.5 Å². The third kappa shape index (κ3) is 4.85. The Kier molecular flexibility index (Phi) is 5.66. The van der Waals surface area contributed by atoms with E-state index in [1.54, 1.807) is 13.8 Å². The first kappa shape index (κ1) is 12.4. The van der Waals surface area contributed by atoms with Crippen molar-refractivity contribution in [3.05, 3.63) is 0 Å². The van der Waals surface area contributed by atoms with Crippen LogP contribution in [-0.2, 0) is 9.53 Å². The molecule has 0 spiro atoms. The van der Waals surface area contributed by atoms with Crippen LogP contribution in [0.5, 0.6) is 0 Å². The van der Waals surface area contributed by atoms with E-state index in [0.717, 1.165) is 0 Å². The zero-order chi connectivity index (χ0) is 10.4. The highest BCUT2D eigenvalue weighted by Gasteiger charge is 2.21. The van der Waals surface area contributed by atoms with E-state index >= 15 is 0 Å². The summed E-state index contributed by atoms with van der Waals surface area (Å²) in [6.07, 6.45) is 0.704. The number of hydrogen-bond donors (Lipinski definition) is 2. The van der Waals surface area contributed by atoms with Crippen molar-refractivity contribution < 1.29 is 9.53 Å². The average molecular weight is 188 g/mol. The van der Waals surface area contributed by atoms with Gasteiger partial charge in [0.25, 0.3) is 0 Å². The van der Waals surface area contributed by atoms with Crippen molar-refractivity contribution in [3.8, 4) is 0 Å². The van der Waals surface area contributed by atoms with Crippen molar-refractivity contribution >= 4 is 5.97 Å². The molecule has 4 N–H and O–H groups in total. The molecule has 0 fully saturated rings. The minimum Gasteiger partial charge on any atom is -0.464 e. The summed E-state index contributed by atoms with van der Waals surface area (Å²) in [5.74, 6) is -0.450. The van der Waals surface area contributed by atoms with Gasteiger partial charge in [-0.15, -0.1) is 0 Å². The summed E-state index contributed by atoms with van der Waals surface area (Å²) in [5.41, 5.74) is 11.1. The van der Waals surface area contributed by atoms with Gasteiger partial charge in [-0.1, -0.05) is 6.92 Å². The van der Waals surface area contributed by atoms with Crippen LogP contribution in [0.2, 0.25) is 0 Å². The Balaban J connectivity index is 3.92. The fourth-order valence-corrected chi connectivity index (χ4v) is 1.07. The fraction of sp³-hybridized carbons (Fsp3) is 0.889. The highest BCUT2D eigenvalue weighted by molar-refractivity contribution is 5.73. The molecule has 4 heteroatoms. The summed E-state index contributed by atoms with van der Waals surface area (Å²) >= 11 is 0. The topological polar surface area (TPSA) is 78.3 Å². The fourth-order valence-electron chi connectivity index (χ4n) is 1.07. The lowest BCUT2D eigenvalue weighted by Crippen LogP contribution is -2.35. The number of carbonyl (C=O) groups is 1. The van der Waals surface area contributed by atoms with Crippen LogP contribution in [0, 0.1) is 5.92 Å². The predicted octanol–water partition coefficient (Wildman–Crippen LogP) is 0.250. The molecule has 0 saturated heterocycles. The van der Waals surface area contributed by atoms with Crippen molar-refractivity contribution in [1.82, 2.24) is 0 Å². The van der Waals surface area contributed by atoms with E-state index in [1.807, 2.05) is 6.92 Å². The summed E-state index contributed by atoms with van der Waals surface area (Å²) in [7, 11) is 0. The third-order valence-electron chi connectivity index (χ3n) is 1.87. The smallest absolute Gasteiger partial charge is 0.310 e.